The number of hydrogen-bond acceptors (Lipinski definition) is 2. The van der Waals surface area contributed by atoms with Gasteiger partial charge in [0, 0.05) is 33.3 Å². The standard InChI is InChI=1S/C15H17IN2/c1-17-14-9-13(10-5-2-3-6-10)18-15-11(14)7-4-8-12(15)16/h4,7-10H,2-3,5-6H2,1H3,(H,17,18). The minimum atomic E-state index is 0.664. The summed E-state index contributed by atoms with van der Waals surface area (Å²) in [6, 6.07) is 8.62. The number of para-hydroxylation sites is 1. The molecule has 0 saturated heterocycles. The summed E-state index contributed by atoms with van der Waals surface area (Å²) >= 11 is 2.38. The topological polar surface area (TPSA) is 24.9 Å². The van der Waals surface area contributed by atoms with Crippen LogP contribution in [0.4, 0.5) is 5.69 Å². The molecule has 1 aromatic carbocycles. The molecule has 0 bridgehead atoms. The molecule has 94 valence electrons. The monoisotopic (exact) mass is 352 g/mol. The summed E-state index contributed by atoms with van der Waals surface area (Å²) in [4.78, 5) is 4.92. The van der Waals surface area contributed by atoms with Crippen molar-refractivity contribution in [1.29, 1.82) is 0 Å². The molecule has 1 aliphatic carbocycles. The van der Waals surface area contributed by atoms with Crippen LogP contribution in [0.1, 0.15) is 37.3 Å². The number of hydrogen-bond donors (Lipinski definition) is 1. The lowest BCUT2D eigenvalue weighted by molar-refractivity contribution is 0.701. The van der Waals surface area contributed by atoms with Gasteiger partial charge in [-0.05, 0) is 47.6 Å². The third-order valence-electron chi connectivity index (χ3n) is 3.85. The van der Waals surface area contributed by atoms with Crippen LogP contribution < -0.4 is 5.32 Å². The Labute approximate surface area is 121 Å². The number of nitrogens with one attached hydrogen (secondary N) is 1. The van der Waals surface area contributed by atoms with E-state index in [9.17, 15) is 0 Å². The molecule has 0 radical (unpaired) electrons. The highest BCUT2D eigenvalue weighted by Gasteiger charge is 2.20. The highest BCUT2D eigenvalue weighted by atomic mass is 127. The Morgan fingerprint density at radius 1 is 1.28 bits per heavy atom. The van der Waals surface area contributed by atoms with Crippen molar-refractivity contribution in [2.75, 3.05) is 12.4 Å². The largest absolute Gasteiger partial charge is 0.388 e. The predicted molar refractivity (Wildman–Crippen MR) is 85.2 cm³/mol. The minimum Gasteiger partial charge on any atom is -0.388 e. The van der Waals surface area contributed by atoms with E-state index in [2.05, 4.69) is 52.2 Å². The smallest absolute Gasteiger partial charge is 0.0859 e. The number of benzene rings is 1. The van der Waals surface area contributed by atoms with Crippen molar-refractivity contribution >= 4 is 39.2 Å². The first-order chi connectivity index (χ1) is 8.79. The van der Waals surface area contributed by atoms with Crippen molar-refractivity contribution in [1.82, 2.24) is 4.98 Å². The van der Waals surface area contributed by atoms with Gasteiger partial charge in [-0.25, -0.2) is 0 Å². The Morgan fingerprint density at radius 3 is 2.78 bits per heavy atom. The molecule has 0 unspecified atom stereocenters. The first-order valence-electron chi connectivity index (χ1n) is 6.56. The van der Waals surface area contributed by atoms with E-state index < -0.39 is 0 Å². The van der Waals surface area contributed by atoms with E-state index in [1.165, 1.54) is 46.0 Å². The molecule has 0 aliphatic heterocycles. The van der Waals surface area contributed by atoms with Gasteiger partial charge in [0.25, 0.3) is 0 Å². The van der Waals surface area contributed by atoms with Crippen molar-refractivity contribution in [3.8, 4) is 0 Å². The van der Waals surface area contributed by atoms with Crippen LogP contribution in [0.25, 0.3) is 10.9 Å². The van der Waals surface area contributed by atoms with Crippen molar-refractivity contribution in [3.05, 3.63) is 33.5 Å². The third kappa shape index (κ3) is 2.09. The van der Waals surface area contributed by atoms with Gasteiger partial charge in [0.15, 0.2) is 0 Å². The van der Waals surface area contributed by atoms with Gasteiger partial charge in [-0.1, -0.05) is 25.0 Å². The molecular formula is C15H17IN2. The van der Waals surface area contributed by atoms with Gasteiger partial charge in [-0.3, -0.25) is 4.98 Å². The quantitative estimate of drug-likeness (QED) is 0.803. The SMILES string of the molecule is CNc1cc(C2CCCC2)nc2c(I)cccc12. The van der Waals surface area contributed by atoms with Crippen LogP contribution in [0, 0.1) is 3.57 Å². The fraction of sp³-hybridized carbons (Fsp3) is 0.400. The molecule has 0 amide bonds. The van der Waals surface area contributed by atoms with Crippen LogP contribution in [-0.4, -0.2) is 12.0 Å². The zero-order chi connectivity index (χ0) is 12.5. The number of pyridine rings is 1. The van der Waals surface area contributed by atoms with Crippen molar-refractivity contribution in [2.45, 2.75) is 31.6 Å². The lowest BCUT2D eigenvalue weighted by Crippen LogP contribution is -2.01. The summed E-state index contributed by atoms with van der Waals surface area (Å²) in [5.74, 6) is 0.664. The van der Waals surface area contributed by atoms with Crippen LogP contribution in [-0.2, 0) is 0 Å². The first-order valence-corrected chi connectivity index (χ1v) is 7.64. The Kier molecular flexibility index (Phi) is 3.41. The zero-order valence-electron chi connectivity index (χ0n) is 10.5. The van der Waals surface area contributed by atoms with Crippen LogP contribution >= 0.6 is 22.6 Å². The van der Waals surface area contributed by atoms with Crippen LogP contribution in [0.3, 0.4) is 0 Å². The van der Waals surface area contributed by atoms with Crippen molar-refractivity contribution < 1.29 is 0 Å². The highest BCUT2D eigenvalue weighted by Crippen LogP contribution is 2.36. The molecule has 0 atom stereocenters. The van der Waals surface area contributed by atoms with Crippen molar-refractivity contribution in [3.63, 3.8) is 0 Å². The van der Waals surface area contributed by atoms with Gasteiger partial charge < -0.3 is 5.32 Å². The molecule has 1 saturated carbocycles. The summed E-state index contributed by atoms with van der Waals surface area (Å²) in [5.41, 5.74) is 3.63. The zero-order valence-corrected chi connectivity index (χ0v) is 12.7. The molecule has 0 spiro atoms. The lowest BCUT2D eigenvalue weighted by atomic mass is 10.0. The number of rotatable bonds is 2. The molecule has 1 aliphatic rings. The Balaban J connectivity index is 2.19. The Morgan fingerprint density at radius 2 is 2.06 bits per heavy atom. The molecule has 1 N–H and O–H groups in total. The maximum Gasteiger partial charge on any atom is 0.0859 e. The molecule has 3 heteroatoms. The van der Waals surface area contributed by atoms with E-state index in [-0.39, 0.29) is 0 Å². The minimum absolute atomic E-state index is 0.664. The van der Waals surface area contributed by atoms with E-state index in [4.69, 9.17) is 4.98 Å². The second-order valence-corrected chi connectivity index (χ2v) is 6.12. The van der Waals surface area contributed by atoms with Crippen molar-refractivity contribution in [2.24, 2.45) is 0 Å². The summed E-state index contributed by atoms with van der Waals surface area (Å²) in [5, 5.41) is 4.55. The second-order valence-electron chi connectivity index (χ2n) is 4.96. The Hall–Kier alpha value is -0.840. The summed E-state index contributed by atoms with van der Waals surface area (Å²) < 4.78 is 1.24. The van der Waals surface area contributed by atoms with Gasteiger partial charge in [0.2, 0.25) is 0 Å². The maximum atomic E-state index is 4.92. The average molecular weight is 352 g/mol. The second kappa shape index (κ2) is 5.03. The fourth-order valence-corrected chi connectivity index (χ4v) is 3.49. The first kappa shape index (κ1) is 12.2. The van der Waals surface area contributed by atoms with E-state index in [1.807, 2.05) is 7.05 Å². The number of nitrogens with zero attached hydrogens (tertiary/aromatic N) is 1. The van der Waals surface area contributed by atoms with Gasteiger partial charge in [0.05, 0.1) is 5.52 Å². The van der Waals surface area contributed by atoms with Gasteiger partial charge in [-0.15, -0.1) is 0 Å². The number of halogens is 1. The van der Waals surface area contributed by atoms with Crippen LogP contribution in [0.2, 0.25) is 0 Å². The number of anilines is 1. The highest BCUT2D eigenvalue weighted by molar-refractivity contribution is 14.1. The van der Waals surface area contributed by atoms with E-state index in [0.717, 1.165) is 5.52 Å². The molecule has 3 rings (SSSR count). The molecule has 2 aromatic rings. The summed E-state index contributed by atoms with van der Waals surface area (Å²) in [6.45, 7) is 0. The van der Waals surface area contributed by atoms with E-state index >= 15 is 0 Å². The normalized spacial score (nSPS) is 16.3. The molecule has 2 nitrogen and oxygen atoms in total. The van der Waals surface area contributed by atoms with E-state index in [1.54, 1.807) is 0 Å². The average Bonchev–Trinajstić information content (AvgIpc) is 2.92. The molecular weight excluding hydrogens is 335 g/mol. The predicted octanol–water partition coefficient (Wildman–Crippen LogP) is 4.54. The summed E-state index contributed by atoms with van der Waals surface area (Å²) in [6.07, 6.45) is 5.30. The van der Waals surface area contributed by atoms with Gasteiger partial charge >= 0.3 is 0 Å². The van der Waals surface area contributed by atoms with Crippen LogP contribution in [0.15, 0.2) is 24.3 Å². The van der Waals surface area contributed by atoms with Gasteiger partial charge in [-0.2, -0.15) is 0 Å². The maximum absolute atomic E-state index is 4.92. The van der Waals surface area contributed by atoms with Gasteiger partial charge in [0.1, 0.15) is 0 Å². The molecule has 1 heterocycles. The number of fused-ring (bicyclic) bond motifs is 1. The lowest BCUT2D eigenvalue weighted by Gasteiger charge is -2.14. The van der Waals surface area contributed by atoms with E-state index in [0.29, 0.717) is 5.92 Å². The molecule has 1 aromatic heterocycles. The van der Waals surface area contributed by atoms with Crippen LogP contribution in [0.5, 0.6) is 0 Å². The number of aromatic nitrogens is 1. The Bertz CT molecular complexity index is 574. The fourth-order valence-electron chi connectivity index (χ4n) is 2.87. The third-order valence-corrected chi connectivity index (χ3v) is 4.72. The molecule has 18 heavy (non-hydrogen) atoms. The molecule has 1 fully saturated rings. The summed E-state index contributed by atoms with van der Waals surface area (Å²) in [7, 11) is 1.99.